The van der Waals surface area contributed by atoms with Gasteiger partial charge >= 0.3 is 0 Å². The summed E-state index contributed by atoms with van der Waals surface area (Å²) in [6.45, 7) is 4.46. The number of hydrogen-bond donors (Lipinski definition) is 1. The minimum Gasteiger partial charge on any atom is -0.397 e. The maximum Gasteiger partial charge on any atom is 0.0601 e. The Balaban J connectivity index is 1.63. The molecule has 3 nitrogen and oxygen atoms in total. The van der Waals surface area contributed by atoms with Crippen LogP contribution in [-0.2, 0) is 0 Å². The number of nitrogens with zero attached hydrogens (tertiary/aromatic N) is 2. The van der Waals surface area contributed by atoms with Gasteiger partial charge in [-0.25, -0.2) is 0 Å². The van der Waals surface area contributed by atoms with Crippen LogP contribution in [0, 0.1) is 0 Å². The van der Waals surface area contributed by atoms with Gasteiger partial charge in [-0.1, -0.05) is 24.4 Å². The summed E-state index contributed by atoms with van der Waals surface area (Å²) in [7, 11) is 0. The number of halogens is 1. The molecule has 2 fully saturated rings. The van der Waals surface area contributed by atoms with Crippen LogP contribution in [0.4, 0.5) is 11.4 Å². The quantitative estimate of drug-likeness (QED) is 0.845. The number of anilines is 2. The van der Waals surface area contributed by atoms with Crippen molar-refractivity contribution in [2.24, 2.45) is 0 Å². The normalized spacial score (nSPS) is 22.1. The number of rotatable bonds is 2. The number of nitrogen functional groups attached to an aromatic ring is 1. The molecule has 0 unspecified atom stereocenters. The summed E-state index contributed by atoms with van der Waals surface area (Å²) in [4.78, 5) is 5.05. The molecule has 104 valence electrons. The molecule has 1 aliphatic heterocycles. The van der Waals surface area contributed by atoms with Gasteiger partial charge in [0.05, 0.1) is 11.4 Å². The summed E-state index contributed by atoms with van der Waals surface area (Å²) in [5, 5.41) is 0.714. The number of piperazine rings is 1. The van der Waals surface area contributed by atoms with Crippen LogP contribution in [0.1, 0.15) is 25.7 Å². The molecule has 0 atom stereocenters. The molecule has 0 radical (unpaired) electrons. The highest BCUT2D eigenvalue weighted by Crippen LogP contribution is 2.29. The van der Waals surface area contributed by atoms with Crippen molar-refractivity contribution in [3.05, 3.63) is 23.2 Å². The topological polar surface area (TPSA) is 32.5 Å². The summed E-state index contributed by atoms with van der Waals surface area (Å²) in [6.07, 6.45) is 5.61. The molecular formula is C15H22ClN3. The molecule has 1 aliphatic carbocycles. The summed E-state index contributed by atoms with van der Waals surface area (Å²) in [5.74, 6) is 0. The van der Waals surface area contributed by atoms with Gasteiger partial charge in [0.25, 0.3) is 0 Å². The molecule has 0 aromatic heterocycles. The fourth-order valence-electron chi connectivity index (χ4n) is 3.41. The fraction of sp³-hybridized carbons (Fsp3) is 0.600. The second-order valence-corrected chi connectivity index (χ2v) is 6.10. The van der Waals surface area contributed by atoms with Crippen molar-refractivity contribution in [2.45, 2.75) is 31.7 Å². The van der Waals surface area contributed by atoms with E-state index < -0.39 is 0 Å². The van der Waals surface area contributed by atoms with Crippen molar-refractivity contribution in [1.29, 1.82) is 0 Å². The van der Waals surface area contributed by atoms with E-state index in [1.807, 2.05) is 18.2 Å². The maximum absolute atomic E-state index is 6.07. The van der Waals surface area contributed by atoms with Gasteiger partial charge in [-0.15, -0.1) is 0 Å². The Bertz CT molecular complexity index is 435. The lowest BCUT2D eigenvalue weighted by Gasteiger charge is -2.39. The van der Waals surface area contributed by atoms with E-state index in [0.29, 0.717) is 5.02 Å². The molecule has 1 saturated heterocycles. The van der Waals surface area contributed by atoms with Crippen LogP contribution in [0.5, 0.6) is 0 Å². The smallest absolute Gasteiger partial charge is 0.0601 e. The van der Waals surface area contributed by atoms with E-state index >= 15 is 0 Å². The molecule has 19 heavy (non-hydrogen) atoms. The lowest BCUT2D eigenvalue weighted by molar-refractivity contribution is 0.187. The van der Waals surface area contributed by atoms with E-state index in [1.54, 1.807) is 0 Å². The molecule has 1 saturated carbocycles. The van der Waals surface area contributed by atoms with Crippen LogP contribution in [0.15, 0.2) is 18.2 Å². The zero-order valence-electron chi connectivity index (χ0n) is 11.3. The van der Waals surface area contributed by atoms with Gasteiger partial charge in [-0.2, -0.15) is 0 Å². The maximum atomic E-state index is 6.07. The van der Waals surface area contributed by atoms with Gasteiger partial charge in [0.1, 0.15) is 0 Å². The molecule has 1 heterocycles. The molecular weight excluding hydrogens is 258 g/mol. The minimum absolute atomic E-state index is 0.714. The Morgan fingerprint density at radius 2 is 1.74 bits per heavy atom. The van der Waals surface area contributed by atoms with Crippen molar-refractivity contribution in [2.75, 3.05) is 36.8 Å². The summed E-state index contributed by atoms with van der Waals surface area (Å²) in [6, 6.07) is 6.66. The third kappa shape index (κ3) is 2.82. The molecule has 0 bridgehead atoms. The predicted octanol–water partition coefficient (Wildman–Crippen LogP) is 2.99. The summed E-state index contributed by atoms with van der Waals surface area (Å²) >= 11 is 5.96. The Labute approximate surface area is 120 Å². The van der Waals surface area contributed by atoms with Gasteiger partial charge in [-0.05, 0) is 31.0 Å². The second kappa shape index (κ2) is 5.59. The molecule has 3 rings (SSSR count). The first-order valence-corrected chi connectivity index (χ1v) is 7.66. The van der Waals surface area contributed by atoms with Crippen molar-refractivity contribution >= 4 is 23.0 Å². The first-order chi connectivity index (χ1) is 9.24. The van der Waals surface area contributed by atoms with Gasteiger partial charge in [0, 0.05) is 37.2 Å². The van der Waals surface area contributed by atoms with E-state index in [2.05, 4.69) is 9.80 Å². The first-order valence-electron chi connectivity index (χ1n) is 7.28. The van der Waals surface area contributed by atoms with E-state index in [4.69, 9.17) is 17.3 Å². The van der Waals surface area contributed by atoms with E-state index in [1.165, 1.54) is 25.7 Å². The molecule has 1 aromatic carbocycles. The molecule has 0 amide bonds. The Morgan fingerprint density at radius 1 is 1.05 bits per heavy atom. The van der Waals surface area contributed by atoms with Crippen molar-refractivity contribution in [3.63, 3.8) is 0 Å². The zero-order valence-corrected chi connectivity index (χ0v) is 12.1. The molecule has 2 N–H and O–H groups in total. The monoisotopic (exact) mass is 279 g/mol. The van der Waals surface area contributed by atoms with Gasteiger partial charge < -0.3 is 10.6 Å². The van der Waals surface area contributed by atoms with Crippen LogP contribution >= 0.6 is 11.6 Å². The Kier molecular flexibility index (Phi) is 3.85. The standard InChI is InChI=1S/C15H22ClN3/c16-12-5-6-15(14(17)11-12)19-9-7-18(8-10-19)13-3-1-2-4-13/h5-6,11,13H,1-4,7-10,17H2. The van der Waals surface area contributed by atoms with Crippen LogP contribution in [0.2, 0.25) is 5.02 Å². The molecule has 2 aliphatic rings. The number of hydrogen-bond acceptors (Lipinski definition) is 3. The van der Waals surface area contributed by atoms with Gasteiger partial charge in [-0.3, -0.25) is 4.90 Å². The number of benzene rings is 1. The summed E-state index contributed by atoms with van der Waals surface area (Å²) < 4.78 is 0. The van der Waals surface area contributed by atoms with E-state index in [9.17, 15) is 0 Å². The van der Waals surface area contributed by atoms with Crippen LogP contribution < -0.4 is 10.6 Å². The summed E-state index contributed by atoms with van der Waals surface area (Å²) in [5.41, 5.74) is 8.00. The highest BCUT2D eigenvalue weighted by Gasteiger charge is 2.26. The van der Waals surface area contributed by atoms with Gasteiger partial charge in [0.2, 0.25) is 0 Å². The average Bonchev–Trinajstić information content (AvgIpc) is 2.93. The predicted molar refractivity (Wildman–Crippen MR) is 81.9 cm³/mol. The van der Waals surface area contributed by atoms with Crippen LogP contribution in [0.3, 0.4) is 0 Å². The minimum atomic E-state index is 0.714. The Hall–Kier alpha value is -0.930. The van der Waals surface area contributed by atoms with E-state index in [-0.39, 0.29) is 0 Å². The highest BCUT2D eigenvalue weighted by molar-refractivity contribution is 6.31. The van der Waals surface area contributed by atoms with Crippen molar-refractivity contribution in [3.8, 4) is 0 Å². The Morgan fingerprint density at radius 3 is 2.37 bits per heavy atom. The second-order valence-electron chi connectivity index (χ2n) is 5.66. The number of nitrogens with two attached hydrogens (primary N) is 1. The largest absolute Gasteiger partial charge is 0.397 e. The van der Waals surface area contributed by atoms with Crippen molar-refractivity contribution in [1.82, 2.24) is 4.90 Å². The zero-order chi connectivity index (χ0) is 13.2. The lowest BCUT2D eigenvalue weighted by atomic mass is 10.1. The molecule has 1 aromatic rings. The van der Waals surface area contributed by atoms with Gasteiger partial charge in [0.15, 0.2) is 0 Å². The first kappa shape index (κ1) is 13.1. The van der Waals surface area contributed by atoms with E-state index in [0.717, 1.165) is 43.6 Å². The highest BCUT2D eigenvalue weighted by atomic mass is 35.5. The average molecular weight is 280 g/mol. The SMILES string of the molecule is Nc1cc(Cl)ccc1N1CCN(C2CCCC2)CC1. The molecule has 0 spiro atoms. The van der Waals surface area contributed by atoms with Crippen LogP contribution in [0.25, 0.3) is 0 Å². The third-order valence-electron chi connectivity index (χ3n) is 4.49. The third-order valence-corrected chi connectivity index (χ3v) is 4.72. The molecule has 4 heteroatoms. The van der Waals surface area contributed by atoms with Crippen LogP contribution in [-0.4, -0.2) is 37.1 Å². The van der Waals surface area contributed by atoms with Crippen molar-refractivity contribution < 1.29 is 0 Å². The lowest BCUT2D eigenvalue weighted by Crippen LogP contribution is -2.49. The fourth-order valence-corrected chi connectivity index (χ4v) is 3.59.